The van der Waals surface area contributed by atoms with Gasteiger partial charge in [0.25, 0.3) is 0 Å². The minimum atomic E-state index is -0.476. The Kier molecular flexibility index (Phi) is 4.54. The molecule has 0 amide bonds. The molecular formula is C13H22N2OS. The molecule has 3 nitrogen and oxygen atoms in total. The van der Waals surface area contributed by atoms with E-state index < -0.39 is 5.60 Å². The van der Waals surface area contributed by atoms with Gasteiger partial charge in [-0.25, -0.2) is 0 Å². The van der Waals surface area contributed by atoms with E-state index in [4.69, 9.17) is 0 Å². The minimum Gasteiger partial charge on any atom is -0.389 e. The van der Waals surface area contributed by atoms with Gasteiger partial charge in [-0.3, -0.25) is 4.98 Å². The van der Waals surface area contributed by atoms with Crippen LogP contribution in [0, 0.1) is 5.92 Å². The van der Waals surface area contributed by atoms with Gasteiger partial charge < -0.3 is 10.4 Å². The molecule has 0 unspecified atom stereocenters. The smallest absolute Gasteiger partial charge is 0.0794 e. The molecule has 1 aromatic heterocycles. The lowest BCUT2D eigenvalue weighted by molar-refractivity contribution is -0.00876. The zero-order valence-electron chi connectivity index (χ0n) is 10.5. The summed E-state index contributed by atoms with van der Waals surface area (Å²) in [7, 11) is 0. The van der Waals surface area contributed by atoms with Crippen molar-refractivity contribution in [2.45, 2.75) is 51.2 Å². The summed E-state index contributed by atoms with van der Waals surface area (Å²) >= 11 is 1.66. The van der Waals surface area contributed by atoms with Gasteiger partial charge in [-0.05, 0) is 31.6 Å². The van der Waals surface area contributed by atoms with Crippen LogP contribution in [0.25, 0.3) is 0 Å². The third-order valence-corrected chi connectivity index (χ3v) is 4.63. The Morgan fingerprint density at radius 3 is 2.88 bits per heavy atom. The van der Waals surface area contributed by atoms with Gasteiger partial charge in [0.2, 0.25) is 0 Å². The molecule has 0 aromatic carbocycles. The SMILES string of the molecule is CCC1CCC(O)(CNCc2cncs2)CC1. The van der Waals surface area contributed by atoms with Crippen molar-refractivity contribution in [3.63, 3.8) is 0 Å². The lowest BCUT2D eigenvalue weighted by Crippen LogP contribution is -2.43. The molecule has 0 radical (unpaired) electrons. The summed E-state index contributed by atoms with van der Waals surface area (Å²) in [5.74, 6) is 0.830. The normalized spacial score (nSPS) is 29.4. The van der Waals surface area contributed by atoms with E-state index >= 15 is 0 Å². The van der Waals surface area contributed by atoms with Gasteiger partial charge >= 0.3 is 0 Å². The van der Waals surface area contributed by atoms with Gasteiger partial charge in [0, 0.05) is 24.2 Å². The molecule has 1 aliphatic carbocycles. The average Bonchev–Trinajstić information content (AvgIpc) is 2.83. The van der Waals surface area contributed by atoms with E-state index in [0.717, 1.165) is 25.3 Å². The van der Waals surface area contributed by atoms with E-state index in [0.29, 0.717) is 6.54 Å². The van der Waals surface area contributed by atoms with Crippen molar-refractivity contribution < 1.29 is 5.11 Å². The molecule has 0 spiro atoms. The first-order valence-corrected chi connectivity index (χ1v) is 7.40. The average molecular weight is 254 g/mol. The zero-order valence-corrected chi connectivity index (χ0v) is 11.3. The van der Waals surface area contributed by atoms with Crippen molar-refractivity contribution in [2.24, 2.45) is 5.92 Å². The molecule has 4 heteroatoms. The number of hydrogen-bond acceptors (Lipinski definition) is 4. The zero-order chi connectivity index (χ0) is 12.1. The highest BCUT2D eigenvalue weighted by Gasteiger charge is 2.31. The van der Waals surface area contributed by atoms with Crippen molar-refractivity contribution in [2.75, 3.05) is 6.54 Å². The van der Waals surface area contributed by atoms with Crippen LogP contribution in [0.3, 0.4) is 0 Å². The van der Waals surface area contributed by atoms with Crippen LogP contribution in [0.4, 0.5) is 0 Å². The van der Waals surface area contributed by atoms with Crippen LogP contribution in [-0.2, 0) is 6.54 Å². The Morgan fingerprint density at radius 1 is 1.53 bits per heavy atom. The molecule has 96 valence electrons. The van der Waals surface area contributed by atoms with Crippen LogP contribution in [0.2, 0.25) is 0 Å². The summed E-state index contributed by atoms with van der Waals surface area (Å²) in [5.41, 5.74) is 1.37. The maximum Gasteiger partial charge on any atom is 0.0794 e. The predicted octanol–water partition coefficient (Wildman–Crippen LogP) is 2.56. The first kappa shape index (κ1) is 13.0. The molecule has 0 atom stereocenters. The Balaban J connectivity index is 1.71. The Hall–Kier alpha value is -0.450. The quantitative estimate of drug-likeness (QED) is 0.849. The Bertz CT molecular complexity index is 318. The summed E-state index contributed by atoms with van der Waals surface area (Å²) < 4.78 is 0. The van der Waals surface area contributed by atoms with Crippen molar-refractivity contribution in [1.82, 2.24) is 10.3 Å². The number of hydrogen-bond donors (Lipinski definition) is 2. The second-order valence-electron chi connectivity index (χ2n) is 5.15. The van der Waals surface area contributed by atoms with Crippen LogP contribution in [-0.4, -0.2) is 22.2 Å². The summed E-state index contributed by atoms with van der Waals surface area (Å²) in [6, 6.07) is 0. The first-order chi connectivity index (χ1) is 8.22. The molecule has 1 heterocycles. The lowest BCUT2D eigenvalue weighted by atomic mass is 9.78. The van der Waals surface area contributed by atoms with E-state index in [9.17, 15) is 5.11 Å². The molecule has 0 saturated heterocycles. The summed E-state index contributed by atoms with van der Waals surface area (Å²) in [5, 5.41) is 13.8. The first-order valence-electron chi connectivity index (χ1n) is 6.52. The lowest BCUT2D eigenvalue weighted by Gasteiger charge is -2.36. The minimum absolute atomic E-state index is 0.476. The van der Waals surface area contributed by atoms with Crippen molar-refractivity contribution in [1.29, 1.82) is 0 Å². The summed E-state index contributed by atoms with van der Waals surface area (Å²) in [6.45, 7) is 3.78. The molecule has 1 aliphatic rings. The topological polar surface area (TPSA) is 45.1 Å². The maximum atomic E-state index is 10.4. The van der Waals surface area contributed by atoms with Crippen molar-refractivity contribution >= 4 is 11.3 Å². The molecule has 1 saturated carbocycles. The van der Waals surface area contributed by atoms with Gasteiger partial charge in [0.1, 0.15) is 0 Å². The highest BCUT2D eigenvalue weighted by molar-refractivity contribution is 7.09. The molecule has 2 N–H and O–H groups in total. The summed E-state index contributed by atoms with van der Waals surface area (Å²) in [4.78, 5) is 5.27. The molecule has 2 rings (SSSR count). The predicted molar refractivity (Wildman–Crippen MR) is 71.0 cm³/mol. The highest BCUT2D eigenvalue weighted by Crippen LogP contribution is 2.33. The Morgan fingerprint density at radius 2 is 2.29 bits per heavy atom. The van der Waals surface area contributed by atoms with E-state index in [1.807, 2.05) is 11.7 Å². The van der Waals surface area contributed by atoms with Gasteiger partial charge in [-0.2, -0.15) is 0 Å². The third kappa shape index (κ3) is 3.76. The summed E-state index contributed by atoms with van der Waals surface area (Å²) in [6.07, 6.45) is 7.38. The van der Waals surface area contributed by atoms with Crippen LogP contribution >= 0.6 is 11.3 Å². The fourth-order valence-electron chi connectivity index (χ4n) is 2.55. The van der Waals surface area contributed by atoms with E-state index in [2.05, 4.69) is 17.2 Å². The molecular weight excluding hydrogens is 232 g/mol. The van der Waals surface area contributed by atoms with Crippen LogP contribution in [0.5, 0.6) is 0 Å². The second kappa shape index (κ2) is 5.94. The third-order valence-electron chi connectivity index (χ3n) is 3.85. The van der Waals surface area contributed by atoms with Gasteiger partial charge in [-0.15, -0.1) is 11.3 Å². The standard InChI is InChI=1S/C13H22N2OS/c1-2-11-3-5-13(16,6-4-11)9-14-7-12-8-15-10-17-12/h8,10-11,14,16H,2-7,9H2,1H3. The maximum absolute atomic E-state index is 10.4. The number of aromatic nitrogens is 1. The van der Waals surface area contributed by atoms with Crippen molar-refractivity contribution in [3.05, 3.63) is 16.6 Å². The van der Waals surface area contributed by atoms with Crippen LogP contribution in [0.1, 0.15) is 43.9 Å². The largest absolute Gasteiger partial charge is 0.389 e. The number of nitrogens with zero attached hydrogens (tertiary/aromatic N) is 1. The van der Waals surface area contributed by atoms with Gasteiger partial charge in [-0.1, -0.05) is 13.3 Å². The molecule has 17 heavy (non-hydrogen) atoms. The molecule has 1 fully saturated rings. The number of rotatable bonds is 5. The number of aliphatic hydroxyl groups is 1. The van der Waals surface area contributed by atoms with Gasteiger partial charge in [0.05, 0.1) is 11.1 Å². The molecule has 0 aliphatic heterocycles. The number of thiazole rings is 1. The van der Waals surface area contributed by atoms with Gasteiger partial charge in [0.15, 0.2) is 0 Å². The van der Waals surface area contributed by atoms with E-state index in [-0.39, 0.29) is 0 Å². The van der Waals surface area contributed by atoms with Crippen LogP contribution in [0.15, 0.2) is 11.7 Å². The fourth-order valence-corrected chi connectivity index (χ4v) is 3.11. The Labute approximate surface area is 107 Å². The van der Waals surface area contributed by atoms with E-state index in [1.165, 1.54) is 24.1 Å². The monoisotopic (exact) mass is 254 g/mol. The number of nitrogens with one attached hydrogen (secondary N) is 1. The highest BCUT2D eigenvalue weighted by atomic mass is 32.1. The fraction of sp³-hybridized carbons (Fsp3) is 0.769. The molecule has 1 aromatic rings. The molecule has 0 bridgehead atoms. The second-order valence-corrected chi connectivity index (χ2v) is 6.12. The van der Waals surface area contributed by atoms with E-state index in [1.54, 1.807) is 11.3 Å². The van der Waals surface area contributed by atoms with Crippen LogP contribution < -0.4 is 5.32 Å². The van der Waals surface area contributed by atoms with Crippen molar-refractivity contribution in [3.8, 4) is 0 Å².